The van der Waals surface area contributed by atoms with Gasteiger partial charge in [-0.15, -0.1) is 5.10 Å². The number of carbonyl (C=O) groups excluding carboxylic acids is 1. The van der Waals surface area contributed by atoms with Crippen molar-refractivity contribution in [3.05, 3.63) is 83.4 Å². The molecule has 11 heteroatoms. The topological polar surface area (TPSA) is 122 Å². The maximum absolute atomic E-state index is 14.7. The van der Waals surface area contributed by atoms with Crippen molar-refractivity contribution in [2.75, 3.05) is 19.0 Å². The Balaban J connectivity index is 1.30. The molecule has 2 N–H and O–H groups in total. The van der Waals surface area contributed by atoms with Crippen LogP contribution in [0.3, 0.4) is 0 Å². The summed E-state index contributed by atoms with van der Waals surface area (Å²) in [6.45, 7) is 0.0262. The van der Waals surface area contributed by atoms with Crippen LogP contribution in [0.4, 0.5) is 14.8 Å². The Labute approximate surface area is 209 Å². The van der Waals surface area contributed by atoms with Crippen LogP contribution in [0, 0.1) is 23.0 Å². The summed E-state index contributed by atoms with van der Waals surface area (Å²) in [5.74, 6) is -1.61. The number of ether oxygens (including phenoxy) is 2. The maximum Gasteiger partial charge on any atom is 0.316 e. The van der Waals surface area contributed by atoms with E-state index in [4.69, 9.17) is 19.2 Å². The molecule has 0 unspecified atom stereocenters. The van der Waals surface area contributed by atoms with E-state index in [2.05, 4.69) is 20.8 Å². The van der Waals surface area contributed by atoms with Crippen molar-refractivity contribution in [2.45, 2.75) is 12.0 Å². The first kappa shape index (κ1) is 23.7. The molecule has 3 aromatic carbocycles. The Bertz CT molecular complexity index is 1460. The Morgan fingerprint density at radius 3 is 2.30 bits per heavy atom. The fourth-order valence-corrected chi connectivity index (χ4v) is 4.02. The quantitative estimate of drug-likeness (QED) is 0.381. The molecule has 1 aliphatic heterocycles. The van der Waals surface area contributed by atoms with Gasteiger partial charge in [0.05, 0.1) is 18.7 Å². The Morgan fingerprint density at radius 2 is 1.68 bits per heavy atom. The number of carbonyl (C=O) groups is 1. The van der Waals surface area contributed by atoms with E-state index in [1.54, 1.807) is 48.5 Å². The number of nitrogens with one attached hydrogen (secondary N) is 2. The first-order valence-electron chi connectivity index (χ1n) is 11.1. The number of halogens is 2. The number of anilines is 1. The number of hydrogen-bond acceptors (Lipinski definition) is 8. The van der Waals surface area contributed by atoms with E-state index < -0.39 is 29.5 Å². The number of benzene rings is 3. The highest BCUT2D eigenvalue weighted by Crippen LogP contribution is 2.33. The van der Waals surface area contributed by atoms with Crippen LogP contribution < -0.4 is 20.1 Å². The smallest absolute Gasteiger partial charge is 0.316 e. The van der Waals surface area contributed by atoms with Crippen LogP contribution in [0.15, 0.2) is 65.1 Å². The summed E-state index contributed by atoms with van der Waals surface area (Å²) in [7, 11) is 1.31. The molecule has 1 aromatic heterocycles. The van der Waals surface area contributed by atoms with Crippen molar-refractivity contribution in [1.29, 1.82) is 5.26 Å². The number of nitriles is 1. The van der Waals surface area contributed by atoms with Crippen LogP contribution in [0.25, 0.3) is 11.5 Å². The van der Waals surface area contributed by atoms with Gasteiger partial charge in [-0.25, -0.2) is 8.78 Å². The van der Waals surface area contributed by atoms with E-state index in [0.717, 1.165) is 12.1 Å². The van der Waals surface area contributed by atoms with E-state index >= 15 is 0 Å². The second-order valence-electron chi connectivity index (χ2n) is 8.15. The molecule has 2 atom stereocenters. The predicted octanol–water partition coefficient (Wildman–Crippen LogP) is 4.38. The first-order valence-corrected chi connectivity index (χ1v) is 11.1. The minimum atomic E-state index is -1.03. The van der Waals surface area contributed by atoms with Crippen LogP contribution in [-0.4, -0.2) is 35.8 Å². The Hall–Kier alpha value is -4.98. The van der Waals surface area contributed by atoms with Crippen molar-refractivity contribution in [1.82, 2.24) is 15.5 Å². The monoisotopic (exact) mass is 503 g/mol. The lowest BCUT2D eigenvalue weighted by Crippen LogP contribution is -2.33. The second-order valence-corrected chi connectivity index (χ2v) is 8.15. The third-order valence-corrected chi connectivity index (χ3v) is 5.86. The van der Waals surface area contributed by atoms with E-state index in [9.17, 15) is 13.6 Å². The van der Waals surface area contributed by atoms with Gasteiger partial charge in [0.15, 0.2) is 0 Å². The third kappa shape index (κ3) is 4.90. The van der Waals surface area contributed by atoms with Crippen molar-refractivity contribution < 1.29 is 27.5 Å². The van der Waals surface area contributed by atoms with Gasteiger partial charge in [-0.05, 0) is 48.5 Å². The minimum absolute atomic E-state index is 0.0262. The van der Waals surface area contributed by atoms with Gasteiger partial charge in [0.25, 0.3) is 0 Å². The molecule has 5 rings (SSSR count). The lowest BCUT2D eigenvalue weighted by atomic mass is 9.93. The molecule has 1 aliphatic rings. The van der Waals surface area contributed by atoms with Gasteiger partial charge >= 0.3 is 6.01 Å². The molecule has 186 valence electrons. The summed E-state index contributed by atoms with van der Waals surface area (Å²) in [4.78, 5) is 12.4. The molecule has 9 nitrogen and oxygen atoms in total. The van der Waals surface area contributed by atoms with Gasteiger partial charge in [-0.1, -0.05) is 5.10 Å². The molecule has 0 aliphatic carbocycles. The summed E-state index contributed by atoms with van der Waals surface area (Å²) in [6.07, 6.45) is 0. The molecule has 37 heavy (non-hydrogen) atoms. The molecule has 1 saturated heterocycles. The van der Waals surface area contributed by atoms with Gasteiger partial charge in [-0.3, -0.25) is 4.79 Å². The lowest BCUT2D eigenvalue weighted by molar-refractivity contribution is -0.119. The summed E-state index contributed by atoms with van der Waals surface area (Å²) < 4.78 is 45.6. The lowest BCUT2D eigenvalue weighted by Gasteiger charge is -2.19. The van der Waals surface area contributed by atoms with Crippen LogP contribution in [0.1, 0.15) is 17.0 Å². The average molecular weight is 503 g/mol. The number of aromatic nitrogens is 2. The molecule has 0 saturated carbocycles. The third-order valence-electron chi connectivity index (χ3n) is 5.86. The minimum Gasteiger partial charge on any atom is -0.497 e. The molecule has 1 amide bonds. The van der Waals surface area contributed by atoms with Gasteiger partial charge in [-0.2, -0.15) is 5.26 Å². The highest BCUT2D eigenvalue weighted by Gasteiger charge is 2.40. The highest BCUT2D eigenvalue weighted by molar-refractivity contribution is 5.88. The highest BCUT2D eigenvalue weighted by atomic mass is 19.1. The van der Waals surface area contributed by atoms with Crippen LogP contribution >= 0.6 is 0 Å². The summed E-state index contributed by atoms with van der Waals surface area (Å²) >= 11 is 0. The van der Waals surface area contributed by atoms with Crippen molar-refractivity contribution >= 4 is 11.9 Å². The van der Waals surface area contributed by atoms with Gasteiger partial charge in [0.1, 0.15) is 34.9 Å². The van der Waals surface area contributed by atoms with E-state index in [1.807, 2.05) is 6.07 Å². The molecule has 0 bridgehead atoms. The van der Waals surface area contributed by atoms with Crippen molar-refractivity contribution in [3.8, 4) is 34.8 Å². The molecular formula is C26H19F2N5O4. The zero-order valence-corrected chi connectivity index (χ0v) is 19.4. The van der Waals surface area contributed by atoms with Crippen LogP contribution in [-0.2, 0) is 4.79 Å². The number of hydrogen-bond donors (Lipinski definition) is 2. The van der Waals surface area contributed by atoms with E-state index in [-0.39, 0.29) is 29.8 Å². The van der Waals surface area contributed by atoms with Crippen molar-refractivity contribution in [3.63, 3.8) is 0 Å². The van der Waals surface area contributed by atoms with Crippen LogP contribution in [0.2, 0.25) is 0 Å². The number of nitrogens with zero attached hydrogens (tertiary/aromatic N) is 3. The summed E-state index contributed by atoms with van der Waals surface area (Å²) in [6, 6.07) is 16.6. The fourth-order valence-electron chi connectivity index (χ4n) is 4.02. The van der Waals surface area contributed by atoms with Gasteiger partial charge in [0.2, 0.25) is 11.8 Å². The van der Waals surface area contributed by atoms with Gasteiger partial charge in [0, 0.05) is 35.7 Å². The molecule has 0 spiro atoms. The van der Waals surface area contributed by atoms with Crippen LogP contribution in [0.5, 0.6) is 17.2 Å². The average Bonchev–Trinajstić information content (AvgIpc) is 3.52. The number of amides is 1. The standard InChI is InChI=1S/C26H19F2N5O4/c1-35-18-10-20(27)22(21(28)11-18)19-13-30-24(34)23(19)31-26-33-32-25(37-26)15-4-8-17(9-5-15)36-16-6-2-14(12-29)3-7-16/h2-11,19,23H,13H2,1H3,(H,30,34)(H,31,33)/t19-,23-/m0/s1. The molecule has 4 aromatic rings. The van der Waals surface area contributed by atoms with Gasteiger partial charge < -0.3 is 24.5 Å². The molecule has 0 radical (unpaired) electrons. The normalized spacial score (nSPS) is 16.6. The molecule has 2 heterocycles. The largest absolute Gasteiger partial charge is 0.497 e. The zero-order chi connectivity index (χ0) is 25.9. The SMILES string of the molecule is COc1cc(F)c([C@@H]2CNC(=O)[C@H]2Nc2nnc(-c3ccc(Oc4ccc(C#N)cc4)cc3)o2)c(F)c1. The predicted molar refractivity (Wildman–Crippen MR) is 127 cm³/mol. The molecule has 1 fully saturated rings. The number of rotatable bonds is 7. The van der Waals surface area contributed by atoms with E-state index in [0.29, 0.717) is 22.6 Å². The zero-order valence-electron chi connectivity index (χ0n) is 19.4. The maximum atomic E-state index is 14.7. The summed E-state index contributed by atoms with van der Waals surface area (Å²) in [5.41, 5.74) is 0.880. The summed E-state index contributed by atoms with van der Waals surface area (Å²) in [5, 5.41) is 22.2. The Kier molecular flexibility index (Phi) is 6.38. The first-order chi connectivity index (χ1) is 17.9. The molecular weight excluding hydrogens is 484 g/mol. The fraction of sp³-hybridized carbons (Fsp3) is 0.154. The second kappa shape index (κ2) is 9.94. The van der Waals surface area contributed by atoms with E-state index in [1.165, 1.54) is 7.11 Å². The Morgan fingerprint density at radius 1 is 1.03 bits per heavy atom. The number of methoxy groups -OCH3 is 1. The van der Waals surface area contributed by atoms with Crippen molar-refractivity contribution in [2.24, 2.45) is 0 Å².